The first-order valence-electron chi connectivity index (χ1n) is 4.95. The molecule has 0 bridgehead atoms. The van der Waals surface area contributed by atoms with E-state index in [1.165, 1.54) is 0 Å². The van der Waals surface area contributed by atoms with Gasteiger partial charge in [-0.15, -0.1) is 12.4 Å². The van der Waals surface area contributed by atoms with Crippen LogP contribution < -0.4 is 14.8 Å². The molecule has 4 nitrogen and oxygen atoms in total. The molecule has 1 aromatic rings. The fourth-order valence-electron chi connectivity index (χ4n) is 1.39. The van der Waals surface area contributed by atoms with Crippen molar-refractivity contribution in [1.29, 1.82) is 0 Å². The van der Waals surface area contributed by atoms with E-state index in [9.17, 15) is 0 Å². The van der Waals surface area contributed by atoms with Gasteiger partial charge in [0.05, 0.1) is 24.4 Å². The topological polar surface area (TPSA) is 50.7 Å². The standard InChI is InChI=1S/C11H16INO3.ClH/c1-15-10-6-8(7-13-3-4-14)5-9(12)11(10)16-2;/h5-6,13-14H,3-4,7H2,1-2H3;1H. The zero-order valence-electron chi connectivity index (χ0n) is 9.83. The molecule has 0 atom stereocenters. The molecule has 0 spiro atoms. The van der Waals surface area contributed by atoms with Crippen LogP contribution in [0.3, 0.4) is 0 Å². The first-order chi connectivity index (χ1) is 7.72. The van der Waals surface area contributed by atoms with Crippen molar-refractivity contribution in [1.82, 2.24) is 5.32 Å². The Morgan fingerprint density at radius 2 is 2.00 bits per heavy atom. The first-order valence-corrected chi connectivity index (χ1v) is 6.02. The minimum Gasteiger partial charge on any atom is -0.493 e. The number of aliphatic hydroxyl groups excluding tert-OH is 1. The molecule has 0 amide bonds. The van der Waals surface area contributed by atoms with Crippen molar-refractivity contribution in [3.8, 4) is 11.5 Å². The lowest BCUT2D eigenvalue weighted by Gasteiger charge is -2.12. The predicted molar refractivity (Wildman–Crippen MR) is 78.3 cm³/mol. The largest absolute Gasteiger partial charge is 0.493 e. The molecular weight excluding hydrogens is 356 g/mol. The van der Waals surface area contributed by atoms with Gasteiger partial charge < -0.3 is 19.9 Å². The minimum absolute atomic E-state index is 0. The summed E-state index contributed by atoms with van der Waals surface area (Å²) >= 11 is 2.21. The summed E-state index contributed by atoms with van der Waals surface area (Å²) in [4.78, 5) is 0. The SMILES string of the molecule is COc1cc(CNCCO)cc(I)c1OC.Cl. The Kier molecular flexibility index (Phi) is 8.67. The monoisotopic (exact) mass is 373 g/mol. The predicted octanol–water partition coefficient (Wildman–Crippen LogP) is 1.81. The van der Waals surface area contributed by atoms with E-state index in [1.54, 1.807) is 14.2 Å². The Balaban J connectivity index is 0.00000256. The second-order valence-electron chi connectivity index (χ2n) is 3.21. The zero-order valence-corrected chi connectivity index (χ0v) is 12.8. The van der Waals surface area contributed by atoms with Gasteiger partial charge in [0, 0.05) is 13.1 Å². The molecule has 1 rings (SSSR count). The lowest BCUT2D eigenvalue weighted by molar-refractivity contribution is 0.292. The first kappa shape index (κ1) is 16.8. The van der Waals surface area contributed by atoms with E-state index in [2.05, 4.69) is 27.9 Å². The number of halogens is 2. The van der Waals surface area contributed by atoms with Gasteiger partial charge in [0.15, 0.2) is 11.5 Å². The smallest absolute Gasteiger partial charge is 0.174 e. The summed E-state index contributed by atoms with van der Waals surface area (Å²) in [6.07, 6.45) is 0. The highest BCUT2D eigenvalue weighted by molar-refractivity contribution is 14.1. The van der Waals surface area contributed by atoms with Gasteiger partial charge in [-0.3, -0.25) is 0 Å². The number of nitrogens with one attached hydrogen (secondary N) is 1. The van der Waals surface area contributed by atoms with Gasteiger partial charge in [0.1, 0.15) is 0 Å². The van der Waals surface area contributed by atoms with E-state index >= 15 is 0 Å². The molecule has 0 unspecified atom stereocenters. The van der Waals surface area contributed by atoms with Gasteiger partial charge in [-0.25, -0.2) is 0 Å². The third-order valence-electron chi connectivity index (χ3n) is 2.11. The van der Waals surface area contributed by atoms with E-state index in [1.807, 2.05) is 12.1 Å². The van der Waals surface area contributed by atoms with Gasteiger partial charge >= 0.3 is 0 Å². The number of methoxy groups -OCH3 is 2. The maximum Gasteiger partial charge on any atom is 0.174 e. The van der Waals surface area contributed by atoms with Gasteiger partial charge in [-0.05, 0) is 40.3 Å². The summed E-state index contributed by atoms with van der Waals surface area (Å²) < 4.78 is 11.5. The van der Waals surface area contributed by atoms with Crippen LogP contribution >= 0.6 is 35.0 Å². The molecule has 0 fully saturated rings. The molecule has 1 aromatic carbocycles. The van der Waals surface area contributed by atoms with Crippen LogP contribution in [0.25, 0.3) is 0 Å². The highest BCUT2D eigenvalue weighted by atomic mass is 127. The summed E-state index contributed by atoms with van der Waals surface area (Å²) in [5.74, 6) is 1.49. The van der Waals surface area contributed by atoms with Crippen LogP contribution in [0.1, 0.15) is 5.56 Å². The van der Waals surface area contributed by atoms with Gasteiger partial charge in [0.25, 0.3) is 0 Å². The van der Waals surface area contributed by atoms with Crippen LogP contribution in [0.15, 0.2) is 12.1 Å². The van der Waals surface area contributed by atoms with Crippen molar-refractivity contribution in [2.45, 2.75) is 6.54 Å². The molecule has 17 heavy (non-hydrogen) atoms. The molecule has 0 radical (unpaired) electrons. The lowest BCUT2D eigenvalue weighted by Crippen LogP contribution is -2.17. The molecule has 0 aromatic heterocycles. The normalized spacial score (nSPS) is 9.65. The summed E-state index contributed by atoms with van der Waals surface area (Å²) in [6.45, 7) is 1.44. The number of hydrogen-bond donors (Lipinski definition) is 2. The molecule has 0 saturated heterocycles. The fraction of sp³-hybridized carbons (Fsp3) is 0.455. The Morgan fingerprint density at radius 3 is 2.53 bits per heavy atom. The van der Waals surface area contributed by atoms with Crippen molar-refractivity contribution < 1.29 is 14.6 Å². The average Bonchev–Trinajstić information content (AvgIpc) is 2.28. The van der Waals surface area contributed by atoms with E-state index in [4.69, 9.17) is 14.6 Å². The highest BCUT2D eigenvalue weighted by Crippen LogP contribution is 2.33. The second-order valence-corrected chi connectivity index (χ2v) is 4.38. The molecule has 6 heteroatoms. The summed E-state index contributed by atoms with van der Waals surface area (Å²) in [7, 11) is 3.25. The third kappa shape index (κ3) is 4.87. The van der Waals surface area contributed by atoms with E-state index in [-0.39, 0.29) is 19.0 Å². The van der Waals surface area contributed by atoms with Crippen LogP contribution in [0.4, 0.5) is 0 Å². The number of ether oxygens (including phenoxy) is 2. The van der Waals surface area contributed by atoms with Crippen molar-refractivity contribution in [3.05, 3.63) is 21.3 Å². The maximum absolute atomic E-state index is 8.67. The fourth-order valence-corrected chi connectivity index (χ4v) is 2.27. The summed E-state index contributed by atoms with van der Waals surface area (Å²) in [5, 5.41) is 11.8. The molecule has 0 aliphatic heterocycles. The Labute approximate surface area is 121 Å². The molecule has 0 aliphatic rings. The van der Waals surface area contributed by atoms with Crippen LogP contribution in [0.5, 0.6) is 11.5 Å². The number of hydrogen-bond acceptors (Lipinski definition) is 4. The third-order valence-corrected chi connectivity index (χ3v) is 2.91. The minimum atomic E-state index is 0. The van der Waals surface area contributed by atoms with Gasteiger partial charge in [-0.1, -0.05) is 0 Å². The number of benzene rings is 1. The zero-order chi connectivity index (χ0) is 12.0. The molecule has 98 valence electrons. The summed E-state index contributed by atoms with van der Waals surface area (Å²) in [5.41, 5.74) is 1.11. The Bertz CT molecular complexity index is 350. The molecule has 0 aliphatic carbocycles. The summed E-state index contributed by atoms with van der Waals surface area (Å²) in [6, 6.07) is 3.97. The van der Waals surface area contributed by atoms with Crippen LogP contribution in [-0.4, -0.2) is 32.5 Å². The van der Waals surface area contributed by atoms with Crippen molar-refractivity contribution in [3.63, 3.8) is 0 Å². The average molecular weight is 374 g/mol. The quantitative estimate of drug-likeness (QED) is 0.590. The highest BCUT2D eigenvalue weighted by Gasteiger charge is 2.09. The van der Waals surface area contributed by atoms with Crippen LogP contribution in [-0.2, 0) is 6.54 Å². The molecule has 0 saturated carbocycles. The Morgan fingerprint density at radius 1 is 1.29 bits per heavy atom. The second kappa shape index (κ2) is 8.79. The van der Waals surface area contributed by atoms with Gasteiger partial charge in [0.2, 0.25) is 0 Å². The molecule has 2 N–H and O–H groups in total. The molecular formula is C11H17ClINO3. The van der Waals surface area contributed by atoms with E-state index in [0.29, 0.717) is 13.1 Å². The van der Waals surface area contributed by atoms with Crippen molar-refractivity contribution in [2.75, 3.05) is 27.4 Å². The van der Waals surface area contributed by atoms with Crippen LogP contribution in [0, 0.1) is 3.57 Å². The Hall–Kier alpha value is -0.240. The van der Waals surface area contributed by atoms with Crippen molar-refractivity contribution in [2.24, 2.45) is 0 Å². The van der Waals surface area contributed by atoms with Crippen molar-refractivity contribution >= 4 is 35.0 Å². The number of rotatable bonds is 6. The van der Waals surface area contributed by atoms with E-state index in [0.717, 1.165) is 20.6 Å². The van der Waals surface area contributed by atoms with Gasteiger partial charge in [-0.2, -0.15) is 0 Å². The van der Waals surface area contributed by atoms with Crippen LogP contribution in [0.2, 0.25) is 0 Å². The maximum atomic E-state index is 8.67. The van der Waals surface area contributed by atoms with E-state index < -0.39 is 0 Å². The molecule has 0 heterocycles. The number of aliphatic hydroxyl groups is 1. The lowest BCUT2D eigenvalue weighted by atomic mass is 10.2.